The molecule has 3 rings (SSSR count). The highest BCUT2D eigenvalue weighted by Crippen LogP contribution is 2.45. The topological polar surface area (TPSA) is 49.8 Å². The molecule has 1 saturated carbocycles. The molecule has 5 heteroatoms. The highest BCUT2D eigenvalue weighted by molar-refractivity contribution is 7.18. The summed E-state index contributed by atoms with van der Waals surface area (Å²) >= 11 is 1.78. The molecular formula is C16H24N4S. The van der Waals surface area contributed by atoms with Gasteiger partial charge in [0.05, 0.1) is 5.39 Å². The fourth-order valence-electron chi connectivity index (χ4n) is 2.28. The second-order valence-corrected chi connectivity index (χ2v) is 7.39. The third kappa shape index (κ3) is 3.28. The van der Waals surface area contributed by atoms with E-state index in [1.54, 1.807) is 11.3 Å². The number of hydrogen-bond acceptors (Lipinski definition) is 5. The molecule has 0 amide bonds. The molecule has 21 heavy (non-hydrogen) atoms. The molecule has 0 bridgehead atoms. The summed E-state index contributed by atoms with van der Waals surface area (Å²) in [5.74, 6) is 1.74. The van der Waals surface area contributed by atoms with Gasteiger partial charge in [0.2, 0.25) is 5.95 Å². The first-order valence-electron chi connectivity index (χ1n) is 7.92. The summed E-state index contributed by atoms with van der Waals surface area (Å²) in [6.45, 7) is 8.59. The molecule has 0 radical (unpaired) electrons. The van der Waals surface area contributed by atoms with Crippen LogP contribution in [0.1, 0.15) is 44.9 Å². The molecule has 4 nitrogen and oxygen atoms in total. The van der Waals surface area contributed by atoms with Crippen LogP contribution in [0.25, 0.3) is 10.2 Å². The maximum atomic E-state index is 4.69. The molecule has 2 aromatic rings. The molecule has 0 saturated heterocycles. The summed E-state index contributed by atoms with van der Waals surface area (Å²) in [6, 6.07) is 2.24. The van der Waals surface area contributed by atoms with Crippen molar-refractivity contribution in [3.63, 3.8) is 0 Å². The van der Waals surface area contributed by atoms with Gasteiger partial charge >= 0.3 is 0 Å². The van der Waals surface area contributed by atoms with Crippen LogP contribution in [-0.4, -0.2) is 23.1 Å². The predicted molar refractivity (Wildman–Crippen MR) is 91.4 cm³/mol. The molecule has 2 N–H and O–H groups in total. The minimum absolute atomic E-state index is 0.470. The van der Waals surface area contributed by atoms with Gasteiger partial charge in [-0.1, -0.05) is 20.8 Å². The number of thiophene rings is 1. The van der Waals surface area contributed by atoms with Gasteiger partial charge in [-0.2, -0.15) is 4.98 Å². The Morgan fingerprint density at radius 3 is 2.71 bits per heavy atom. The third-order valence-electron chi connectivity index (χ3n) is 4.11. The molecule has 0 atom stereocenters. The maximum Gasteiger partial charge on any atom is 0.226 e. The van der Waals surface area contributed by atoms with Gasteiger partial charge in [-0.25, -0.2) is 4.98 Å². The van der Waals surface area contributed by atoms with Crippen LogP contribution in [-0.2, 0) is 6.42 Å². The average molecular weight is 304 g/mol. The van der Waals surface area contributed by atoms with Gasteiger partial charge in [-0.15, -0.1) is 11.3 Å². The van der Waals surface area contributed by atoms with E-state index in [2.05, 4.69) is 42.5 Å². The maximum absolute atomic E-state index is 4.69. The third-order valence-corrected chi connectivity index (χ3v) is 5.28. The van der Waals surface area contributed by atoms with Crippen molar-refractivity contribution in [2.24, 2.45) is 5.41 Å². The van der Waals surface area contributed by atoms with Crippen molar-refractivity contribution in [2.45, 2.75) is 46.5 Å². The Hall–Kier alpha value is -1.36. The van der Waals surface area contributed by atoms with Crippen molar-refractivity contribution in [3.8, 4) is 0 Å². The van der Waals surface area contributed by atoms with E-state index in [0.717, 1.165) is 42.5 Å². The zero-order chi connectivity index (χ0) is 14.9. The summed E-state index contributed by atoms with van der Waals surface area (Å²) in [7, 11) is 0. The summed E-state index contributed by atoms with van der Waals surface area (Å²) in [6.07, 6.45) is 4.76. The van der Waals surface area contributed by atoms with E-state index in [-0.39, 0.29) is 0 Å². The van der Waals surface area contributed by atoms with Gasteiger partial charge in [-0.3, -0.25) is 0 Å². The average Bonchev–Trinajstić information content (AvgIpc) is 3.07. The molecule has 2 heterocycles. The summed E-state index contributed by atoms with van der Waals surface area (Å²) < 4.78 is 0. The lowest BCUT2D eigenvalue weighted by Crippen LogP contribution is -2.14. The predicted octanol–water partition coefficient (Wildman–Crippen LogP) is 4.29. The second-order valence-electron chi connectivity index (χ2n) is 6.27. The van der Waals surface area contributed by atoms with Crippen molar-refractivity contribution in [1.29, 1.82) is 0 Å². The summed E-state index contributed by atoms with van der Waals surface area (Å²) in [5.41, 5.74) is 0.470. The van der Waals surface area contributed by atoms with Gasteiger partial charge < -0.3 is 10.6 Å². The zero-order valence-electron chi connectivity index (χ0n) is 13.1. The van der Waals surface area contributed by atoms with Crippen LogP contribution in [0.15, 0.2) is 6.07 Å². The van der Waals surface area contributed by atoms with Crippen molar-refractivity contribution in [1.82, 2.24) is 9.97 Å². The van der Waals surface area contributed by atoms with Crippen LogP contribution < -0.4 is 10.6 Å². The molecule has 0 aromatic carbocycles. The number of fused-ring (bicyclic) bond motifs is 1. The Morgan fingerprint density at radius 1 is 1.24 bits per heavy atom. The van der Waals surface area contributed by atoms with Crippen LogP contribution in [0.3, 0.4) is 0 Å². The van der Waals surface area contributed by atoms with Crippen LogP contribution in [0.5, 0.6) is 0 Å². The number of nitrogens with one attached hydrogen (secondary N) is 2. The van der Waals surface area contributed by atoms with Crippen LogP contribution >= 0.6 is 11.3 Å². The smallest absolute Gasteiger partial charge is 0.226 e. The SMILES string of the molecule is CCCNc1nc(NCC2(C)CC2)c2cc(CC)sc2n1. The molecule has 1 fully saturated rings. The first kappa shape index (κ1) is 14.6. The van der Waals surface area contributed by atoms with E-state index >= 15 is 0 Å². The molecular weight excluding hydrogens is 280 g/mol. The number of rotatable bonds is 7. The first-order chi connectivity index (χ1) is 10.1. The molecule has 1 aliphatic carbocycles. The van der Waals surface area contributed by atoms with Gasteiger partial charge in [-0.05, 0) is 37.2 Å². The van der Waals surface area contributed by atoms with E-state index in [9.17, 15) is 0 Å². The van der Waals surface area contributed by atoms with Crippen molar-refractivity contribution < 1.29 is 0 Å². The fourth-order valence-corrected chi connectivity index (χ4v) is 3.25. The number of nitrogens with zero attached hydrogens (tertiary/aromatic N) is 2. The van der Waals surface area contributed by atoms with Crippen molar-refractivity contribution in [3.05, 3.63) is 10.9 Å². The highest BCUT2D eigenvalue weighted by atomic mass is 32.1. The Balaban J connectivity index is 1.90. The van der Waals surface area contributed by atoms with Crippen LogP contribution in [0, 0.1) is 5.41 Å². The Kier molecular flexibility index (Phi) is 4.02. The minimum atomic E-state index is 0.470. The van der Waals surface area contributed by atoms with E-state index < -0.39 is 0 Å². The van der Waals surface area contributed by atoms with Crippen molar-refractivity contribution >= 4 is 33.3 Å². The summed E-state index contributed by atoms with van der Waals surface area (Å²) in [5, 5.41) is 8.04. The molecule has 1 aliphatic rings. The molecule has 0 aliphatic heterocycles. The van der Waals surface area contributed by atoms with E-state index in [1.165, 1.54) is 23.1 Å². The van der Waals surface area contributed by atoms with Gasteiger partial charge in [0.1, 0.15) is 10.6 Å². The largest absolute Gasteiger partial charge is 0.369 e. The number of aromatic nitrogens is 2. The second kappa shape index (κ2) is 5.79. The Labute approximate surface area is 130 Å². The van der Waals surface area contributed by atoms with Gasteiger partial charge in [0, 0.05) is 18.0 Å². The van der Waals surface area contributed by atoms with Crippen LogP contribution in [0.2, 0.25) is 0 Å². The number of aryl methyl sites for hydroxylation is 1. The lowest BCUT2D eigenvalue weighted by molar-refractivity contribution is 0.610. The standard InChI is InChI=1S/C16H24N4S/c1-4-8-17-15-19-13(18-10-16(3)6-7-16)12-9-11(5-2)21-14(12)20-15/h9H,4-8,10H2,1-3H3,(H2,17,18,19,20). The first-order valence-corrected chi connectivity index (χ1v) is 8.73. The van der Waals surface area contributed by atoms with E-state index in [0.29, 0.717) is 5.41 Å². The zero-order valence-corrected chi connectivity index (χ0v) is 13.9. The molecule has 2 aromatic heterocycles. The number of anilines is 2. The Morgan fingerprint density at radius 2 is 2.05 bits per heavy atom. The lowest BCUT2D eigenvalue weighted by atomic mass is 10.1. The Bertz CT molecular complexity index is 630. The van der Waals surface area contributed by atoms with Crippen molar-refractivity contribution in [2.75, 3.05) is 23.7 Å². The minimum Gasteiger partial charge on any atom is -0.369 e. The fraction of sp³-hybridized carbons (Fsp3) is 0.625. The number of hydrogen-bond donors (Lipinski definition) is 2. The van der Waals surface area contributed by atoms with E-state index in [4.69, 9.17) is 4.98 Å². The summed E-state index contributed by atoms with van der Waals surface area (Å²) in [4.78, 5) is 11.8. The van der Waals surface area contributed by atoms with Gasteiger partial charge in [0.25, 0.3) is 0 Å². The van der Waals surface area contributed by atoms with Gasteiger partial charge in [0.15, 0.2) is 0 Å². The normalized spacial score (nSPS) is 16.1. The van der Waals surface area contributed by atoms with Crippen LogP contribution in [0.4, 0.5) is 11.8 Å². The quantitative estimate of drug-likeness (QED) is 0.801. The molecule has 0 unspecified atom stereocenters. The highest BCUT2D eigenvalue weighted by Gasteiger charge is 2.37. The lowest BCUT2D eigenvalue weighted by Gasteiger charge is -2.12. The monoisotopic (exact) mass is 304 g/mol. The molecule has 114 valence electrons. The molecule has 0 spiro atoms. The van der Waals surface area contributed by atoms with E-state index in [1.807, 2.05) is 0 Å².